The first-order valence-electron chi connectivity index (χ1n) is 5.52. The largest absolute Gasteiger partial charge is 0.384 e. The maximum atomic E-state index is 11.8. The Labute approximate surface area is 114 Å². The summed E-state index contributed by atoms with van der Waals surface area (Å²) in [5, 5.41) is 11.8. The molecule has 0 fully saturated rings. The van der Waals surface area contributed by atoms with Crippen molar-refractivity contribution in [2.45, 2.75) is 6.42 Å². The minimum Gasteiger partial charge on any atom is -0.384 e. The summed E-state index contributed by atoms with van der Waals surface area (Å²) in [6.45, 7) is -0.194. The van der Waals surface area contributed by atoms with Gasteiger partial charge >= 0.3 is 0 Å². The number of carbonyl (C=O) groups excluding carboxylic acids is 1. The van der Waals surface area contributed by atoms with E-state index in [-0.39, 0.29) is 18.9 Å². The van der Waals surface area contributed by atoms with E-state index in [0.29, 0.717) is 10.0 Å². The molecule has 2 aromatic rings. The van der Waals surface area contributed by atoms with Crippen molar-refractivity contribution in [1.29, 1.82) is 0 Å². The van der Waals surface area contributed by atoms with Crippen molar-refractivity contribution in [3.8, 4) is 11.8 Å². The average Bonchev–Trinajstić information content (AvgIpc) is 2.85. The Morgan fingerprint density at radius 3 is 3.11 bits per heavy atom. The second-order valence-electron chi connectivity index (χ2n) is 3.58. The molecule has 5 nitrogen and oxygen atoms in total. The third kappa shape index (κ3) is 4.17. The lowest BCUT2D eigenvalue weighted by Gasteiger charge is -2.00. The van der Waals surface area contributed by atoms with Crippen molar-refractivity contribution in [1.82, 2.24) is 9.97 Å². The topological polar surface area (TPSA) is 75.1 Å². The quantitative estimate of drug-likeness (QED) is 0.820. The Hall–Kier alpha value is -2.23. The van der Waals surface area contributed by atoms with Gasteiger partial charge in [0.15, 0.2) is 5.13 Å². The molecular formula is C13H11N3O2S. The van der Waals surface area contributed by atoms with Crippen molar-refractivity contribution < 1.29 is 9.90 Å². The van der Waals surface area contributed by atoms with Crippen LogP contribution in [0.4, 0.5) is 5.13 Å². The number of thiazole rings is 1. The number of pyridine rings is 1. The molecule has 0 aliphatic rings. The molecule has 2 rings (SSSR count). The zero-order valence-corrected chi connectivity index (χ0v) is 10.8. The number of amides is 1. The van der Waals surface area contributed by atoms with E-state index in [2.05, 4.69) is 27.1 Å². The van der Waals surface area contributed by atoms with Crippen LogP contribution in [0.2, 0.25) is 0 Å². The lowest BCUT2D eigenvalue weighted by molar-refractivity contribution is -0.115. The smallest absolute Gasteiger partial charge is 0.230 e. The Balaban J connectivity index is 1.94. The predicted molar refractivity (Wildman–Crippen MR) is 72.6 cm³/mol. The second kappa shape index (κ2) is 6.64. The van der Waals surface area contributed by atoms with E-state index in [1.54, 1.807) is 24.7 Å². The Morgan fingerprint density at radius 1 is 1.47 bits per heavy atom. The molecule has 0 radical (unpaired) electrons. The summed E-state index contributed by atoms with van der Waals surface area (Å²) in [6, 6.07) is 3.63. The van der Waals surface area contributed by atoms with E-state index in [1.165, 1.54) is 11.3 Å². The van der Waals surface area contributed by atoms with Crippen molar-refractivity contribution in [2.75, 3.05) is 11.9 Å². The molecule has 0 saturated heterocycles. The van der Waals surface area contributed by atoms with Crippen molar-refractivity contribution in [3.05, 3.63) is 41.2 Å². The first kappa shape index (κ1) is 13.2. The highest BCUT2D eigenvalue weighted by Gasteiger charge is 2.06. The van der Waals surface area contributed by atoms with Crippen LogP contribution < -0.4 is 5.32 Å². The maximum Gasteiger partial charge on any atom is 0.230 e. The van der Waals surface area contributed by atoms with Crippen molar-refractivity contribution in [3.63, 3.8) is 0 Å². The van der Waals surface area contributed by atoms with E-state index in [1.807, 2.05) is 6.07 Å². The predicted octanol–water partition coefficient (Wildman–Crippen LogP) is 1.06. The molecule has 0 aliphatic heterocycles. The third-order valence-electron chi connectivity index (χ3n) is 2.13. The molecule has 0 bridgehead atoms. The summed E-state index contributed by atoms with van der Waals surface area (Å²) < 4.78 is 0. The van der Waals surface area contributed by atoms with Crippen LogP contribution in [0.3, 0.4) is 0 Å². The summed E-state index contributed by atoms with van der Waals surface area (Å²) in [6.07, 6.45) is 5.13. The minimum absolute atomic E-state index is 0.149. The summed E-state index contributed by atoms with van der Waals surface area (Å²) in [5.41, 5.74) is 0.844. The average molecular weight is 273 g/mol. The SMILES string of the molecule is O=C(Cc1cccnc1)Nc1ncc(C#CCO)s1. The number of aromatic nitrogens is 2. The third-order valence-corrected chi connectivity index (χ3v) is 2.96. The van der Waals surface area contributed by atoms with Gasteiger partial charge in [-0.05, 0) is 11.6 Å². The molecule has 2 heterocycles. The highest BCUT2D eigenvalue weighted by Crippen LogP contribution is 2.17. The Kier molecular flexibility index (Phi) is 4.61. The zero-order chi connectivity index (χ0) is 13.5. The van der Waals surface area contributed by atoms with Crippen LogP contribution in [0.5, 0.6) is 0 Å². The van der Waals surface area contributed by atoms with E-state index in [9.17, 15) is 4.79 Å². The van der Waals surface area contributed by atoms with E-state index >= 15 is 0 Å². The van der Waals surface area contributed by atoms with Crippen LogP contribution in [0.25, 0.3) is 0 Å². The summed E-state index contributed by atoms with van der Waals surface area (Å²) in [7, 11) is 0. The number of nitrogens with one attached hydrogen (secondary N) is 1. The molecule has 0 atom stereocenters. The first-order valence-corrected chi connectivity index (χ1v) is 6.34. The fourth-order valence-corrected chi connectivity index (χ4v) is 2.08. The van der Waals surface area contributed by atoms with Crippen LogP contribution in [0, 0.1) is 11.8 Å². The number of carbonyl (C=O) groups is 1. The van der Waals surface area contributed by atoms with E-state index in [0.717, 1.165) is 5.56 Å². The molecule has 19 heavy (non-hydrogen) atoms. The van der Waals surface area contributed by atoms with Gasteiger partial charge in [-0.2, -0.15) is 0 Å². The monoisotopic (exact) mass is 273 g/mol. The second-order valence-corrected chi connectivity index (χ2v) is 4.61. The van der Waals surface area contributed by atoms with Gasteiger partial charge in [0.1, 0.15) is 6.61 Å². The van der Waals surface area contributed by atoms with Crippen LogP contribution >= 0.6 is 11.3 Å². The molecular weight excluding hydrogens is 262 g/mol. The first-order chi connectivity index (χ1) is 9.28. The zero-order valence-electron chi connectivity index (χ0n) is 9.96. The normalized spacial score (nSPS) is 9.53. The lowest BCUT2D eigenvalue weighted by Crippen LogP contribution is -2.14. The van der Waals surface area contributed by atoms with Gasteiger partial charge in [0, 0.05) is 12.4 Å². The summed E-state index contributed by atoms with van der Waals surface area (Å²) >= 11 is 1.27. The van der Waals surface area contributed by atoms with Gasteiger partial charge in [-0.1, -0.05) is 29.2 Å². The van der Waals surface area contributed by atoms with Gasteiger partial charge in [0.2, 0.25) is 5.91 Å². The lowest BCUT2D eigenvalue weighted by atomic mass is 10.2. The highest BCUT2D eigenvalue weighted by atomic mass is 32.1. The summed E-state index contributed by atoms with van der Waals surface area (Å²) in [5.74, 6) is 5.11. The van der Waals surface area contributed by atoms with Gasteiger partial charge in [-0.3, -0.25) is 9.78 Å². The van der Waals surface area contributed by atoms with Gasteiger partial charge < -0.3 is 10.4 Å². The summed E-state index contributed by atoms with van der Waals surface area (Å²) in [4.78, 5) is 20.4. The molecule has 1 amide bonds. The minimum atomic E-state index is -0.194. The number of hydrogen-bond donors (Lipinski definition) is 2. The molecule has 0 saturated carbocycles. The molecule has 0 spiro atoms. The molecule has 96 valence electrons. The van der Waals surface area contributed by atoms with Gasteiger partial charge in [-0.15, -0.1) is 0 Å². The van der Waals surface area contributed by atoms with E-state index in [4.69, 9.17) is 5.11 Å². The molecule has 0 aliphatic carbocycles. The fourth-order valence-electron chi connectivity index (χ4n) is 1.37. The molecule has 2 N–H and O–H groups in total. The molecule has 0 unspecified atom stereocenters. The maximum absolute atomic E-state index is 11.8. The number of aliphatic hydroxyl groups excluding tert-OH is 1. The van der Waals surface area contributed by atoms with Crippen LogP contribution in [0.15, 0.2) is 30.7 Å². The Morgan fingerprint density at radius 2 is 2.37 bits per heavy atom. The van der Waals surface area contributed by atoms with Gasteiger partial charge in [-0.25, -0.2) is 4.98 Å². The number of hydrogen-bond acceptors (Lipinski definition) is 5. The van der Waals surface area contributed by atoms with Gasteiger partial charge in [0.05, 0.1) is 17.5 Å². The number of rotatable bonds is 3. The standard InChI is InChI=1S/C13H11N3O2S/c17-6-2-4-11-9-15-13(19-11)16-12(18)7-10-3-1-5-14-8-10/h1,3,5,8-9,17H,6-7H2,(H,15,16,18). The number of aliphatic hydroxyl groups is 1. The molecule has 6 heteroatoms. The molecule has 2 aromatic heterocycles. The van der Waals surface area contributed by atoms with Crippen LogP contribution in [-0.4, -0.2) is 27.6 Å². The fraction of sp³-hybridized carbons (Fsp3) is 0.154. The van der Waals surface area contributed by atoms with E-state index < -0.39 is 0 Å². The number of anilines is 1. The van der Waals surface area contributed by atoms with Crippen molar-refractivity contribution >= 4 is 22.4 Å². The van der Waals surface area contributed by atoms with Crippen molar-refractivity contribution in [2.24, 2.45) is 0 Å². The number of nitrogens with zero attached hydrogens (tertiary/aromatic N) is 2. The van der Waals surface area contributed by atoms with Gasteiger partial charge in [0.25, 0.3) is 0 Å². The van der Waals surface area contributed by atoms with Crippen LogP contribution in [0.1, 0.15) is 10.4 Å². The van der Waals surface area contributed by atoms with Crippen LogP contribution in [-0.2, 0) is 11.2 Å². The highest BCUT2D eigenvalue weighted by molar-refractivity contribution is 7.16. The Bertz CT molecular complexity index is 614. The molecule has 0 aromatic carbocycles.